The zero-order valence-electron chi connectivity index (χ0n) is 14.9. The number of nitrogens with one attached hydrogen (secondary N) is 1. The molecule has 2 aromatic rings. The molecule has 7 heteroatoms. The molecule has 0 fully saturated rings. The standard InChI is InChI=1S/C18H25N5O2/c1-3-8-23-13-20-21-17(23)12-22(2)18(24)19-11-14-6-7-16-15(10-14)5-4-9-25-16/h6-7,10,13H,3-5,8-9,11-12H2,1-2H3,(H,19,24). The van der Waals surface area contributed by atoms with E-state index in [1.54, 1.807) is 18.3 Å². The van der Waals surface area contributed by atoms with E-state index in [1.807, 2.05) is 16.7 Å². The van der Waals surface area contributed by atoms with E-state index in [0.29, 0.717) is 13.1 Å². The molecule has 0 radical (unpaired) electrons. The van der Waals surface area contributed by atoms with Crippen LogP contribution in [0.2, 0.25) is 0 Å². The highest BCUT2D eigenvalue weighted by atomic mass is 16.5. The Morgan fingerprint density at radius 3 is 3.16 bits per heavy atom. The third-order valence-electron chi connectivity index (χ3n) is 4.30. The van der Waals surface area contributed by atoms with Crippen LogP contribution in [0.4, 0.5) is 4.79 Å². The summed E-state index contributed by atoms with van der Waals surface area (Å²) in [5.74, 6) is 1.76. The summed E-state index contributed by atoms with van der Waals surface area (Å²) >= 11 is 0. The Morgan fingerprint density at radius 2 is 2.32 bits per heavy atom. The molecule has 134 valence electrons. The summed E-state index contributed by atoms with van der Waals surface area (Å²) in [6, 6.07) is 5.99. The van der Waals surface area contributed by atoms with Gasteiger partial charge in [-0.15, -0.1) is 10.2 Å². The molecule has 2 amide bonds. The molecule has 25 heavy (non-hydrogen) atoms. The van der Waals surface area contributed by atoms with Crippen LogP contribution in [0.1, 0.15) is 36.7 Å². The number of amides is 2. The summed E-state index contributed by atoms with van der Waals surface area (Å²) in [6.45, 7) is 4.68. The first-order valence-corrected chi connectivity index (χ1v) is 8.77. The van der Waals surface area contributed by atoms with Crippen LogP contribution in [-0.2, 0) is 26.1 Å². The molecule has 0 saturated carbocycles. The van der Waals surface area contributed by atoms with E-state index >= 15 is 0 Å². The number of urea groups is 1. The highest BCUT2D eigenvalue weighted by Crippen LogP contribution is 2.25. The third kappa shape index (κ3) is 4.29. The Kier molecular flexibility index (Phi) is 5.53. The minimum atomic E-state index is -0.125. The van der Waals surface area contributed by atoms with E-state index < -0.39 is 0 Å². The first-order chi connectivity index (χ1) is 12.2. The molecule has 7 nitrogen and oxygen atoms in total. The van der Waals surface area contributed by atoms with Crippen molar-refractivity contribution >= 4 is 6.03 Å². The fourth-order valence-electron chi connectivity index (χ4n) is 2.95. The molecule has 0 aliphatic carbocycles. The maximum atomic E-state index is 12.3. The van der Waals surface area contributed by atoms with Gasteiger partial charge in [-0.25, -0.2) is 4.79 Å². The van der Waals surface area contributed by atoms with E-state index in [9.17, 15) is 4.79 Å². The minimum Gasteiger partial charge on any atom is -0.493 e. The van der Waals surface area contributed by atoms with Gasteiger partial charge in [0.15, 0.2) is 5.82 Å². The van der Waals surface area contributed by atoms with Gasteiger partial charge >= 0.3 is 6.03 Å². The average molecular weight is 343 g/mol. The molecule has 0 spiro atoms. The highest BCUT2D eigenvalue weighted by molar-refractivity contribution is 5.73. The van der Waals surface area contributed by atoms with E-state index in [1.165, 1.54) is 5.56 Å². The quantitative estimate of drug-likeness (QED) is 0.874. The van der Waals surface area contributed by atoms with Crippen LogP contribution in [0, 0.1) is 0 Å². The number of rotatable bonds is 6. The fraction of sp³-hybridized carbons (Fsp3) is 0.500. The van der Waals surface area contributed by atoms with Crippen molar-refractivity contribution in [1.29, 1.82) is 0 Å². The Hall–Kier alpha value is -2.57. The predicted octanol–water partition coefficient (Wildman–Crippen LogP) is 2.35. The number of benzene rings is 1. The molecule has 0 bridgehead atoms. The minimum absolute atomic E-state index is 0.125. The van der Waals surface area contributed by atoms with Gasteiger partial charge in [-0.3, -0.25) is 0 Å². The van der Waals surface area contributed by atoms with Gasteiger partial charge in [-0.1, -0.05) is 19.1 Å². The van der Waals surface area contributed by atoms with Crippen molar-refractivity contribution in [1.82, 2.24) is 25.0 Å². The number of aryl methyl sites for hydroxylation is 2. The first-order valence-electron chi connectivity index (χ1n) is 8.77. The second-order valence-corrected chi connectivity index (χ2v) is 6.35. The Balaban J connectivity index is 1.54. The molecule has 1 aliphatic rings. The van der Waals surface area contributed by atoms with Gasteiger partial charge in [-0.2, -0.15) is 0 Å². The number of carbonyl (C=O) groups is 1. The summed E-state index contributed by atoms with van der Waals surface area (Å²) in [5, 5.41) is 11.0. The second-order valence-electron chi connectivity index (χ2n) is 6.35. The van der Waals surface area contributed by atoms with Gasteiger partial charge in [0.1, 0.15) is 12.1 Å². The van der Waals surface area contributed by atoms with Crippen LogP contribution in [0.5, 0.6) is 5.75 Å². The van der Waals surface area contributed by atoms with Gasteiger partial charge in [0, 0.05) is 20.1 Å². The normalized spacial score (nSPS) is 13.0. The van der Waals surface area contributed by atoms with Gasteiger partial charge in [0.2, 0.25) is 0 Å². The second kappa shape index (κ2) is 8.00. The molecule has 1 aromatic heterocycles. The van der Waals surface area contributed by atoms with Crippen molar-refractivity contribution in [3.63, 3.8) is 0 Å². The van der Waals surface area contributed by atoms with Gasteiger partial charge < -0.3 is 19.5 Å². The van der Waals surface area contributed by atoms with Gasteiger partial charge in [0.05, 0.1) is 13.2 Å². The zero-order chi connectivity index (χ0) is 17.6. The zero-order valence-corrected chi connectivity index (χ0v) is 14.9. The SMILES string of the molecule is CCCn1cnnc1CN(C)C(=O)NCc1ccc2c(c1)CCCO2. The fourth-order valence-corrected chi connectivity index (χ4v) is 2.95. The smallest absolute Gasteiger partial charge is 0.317 e. The van der Waals surface area contributed by atoms with Gasteiger partial charge in [0.25, 0.3) is 0 Å². The van der Waals surface area contributed by atoms with Crippen LogP contribution < -0.4 is 10.1 Å². The molecule has 3 rings (SSSR count). The molecule has 1 N–H and O–H groups in total. The Labute approximate surface area is 148 Å². The maximum Gasteiger partial charge on any atom is 0.317 e. The van der Waals surface area contributed by atoms with Crippen LogP contribution in [0.25, 0.3) is 0 Å². The number of nitrogens with zero attached hydrogens (tertiary/aromatic N) is 4. The molecule has 2 heterocycles. The first kappa shape index (κ1) is 17.3. The lowest BCUT2D eigenvalue weighted by Gasteiger charge is -2.20. The van der Waals surface area contributed by atoms with Crippen molar-refractivity contribution in [3.05, 3.63) is 41.5 Å². The van der Waals surface area contributed by atoms with E-state index in [0.717, 1.165) is 49.6 Å². The van der Waals surface area contributed by atoms with E-state index in [4.69, 9.17) is 4.74 Å². The maximum absolute atomic E-state index is 12.3. The van der Waals surface area contributed by atoms with Crippen molar-refractivity contribution in [2.75, 3.05) is 13.7 Å². The largest absolute Gasteiger partial charge is 0.493 e. The predicted molar refractivity (Wildman–Crippen MR) is 94.3 cm³/mol. The number of carbonyl (C=O) groups excluding carboxylic acids is 1. The molecule has 1 aliphatic heterocycles. The topological polar surface area (TPSA) is 72.3 Å². The van der Waals surface area contributed by atoms with Crippen LogP contribution in [0.3, 0.4) is 0 Å². The monoisotopic (exact) mass is 343 g/mol. The lowest BCUT2D eigenvalue weighted by atomic mass is 10.0. The van der Waals surface area contributed by atoms with Crippen molar-refractivity contribution in [2.45, 2.75) is 45.8 Å². The lowest BCUT2D eigenvalue weighted by molar-refractivity contribution is 0.204. The molecule has 0 atom stereocenters. The van der Waals surface area contributed by atoms with Gasteiger partial charge in [-0.05, 0) is 36.5 Å². The molecule has 0 saturated heterocycles. The lowest BCUT2D eigenvalue weighted by Crippen LogP contribution is -2.37. The number of hydrogen-bond acceptors (Lipinski definition) is 4. The van der Waals surface area contributed by atoms with Crippen LogP contribution >= 0.6 is 0 Å². The van der Waals surface area contributed by atoms with Crippen LogP contribution in [-0.4, -0.2) is 39.4 Å². The van der Waals surface area contributed by atoms with Crippen molar-refractivity contribution < 1.29 is 9.53 Å². The van der Waals surface area contributed by atoms with Crippen LogP contribution in [0.15, 0.2) is 24.5 Å². The molecule has 1 aromatic carbocycles. The molecule has 0 unspecified atom stereocenters. The summed E-state index contributed by atoms with van der Waals surface area (Å²) in [7, 11) is 1.76. The highest BCUT2D eigenvalue weighted by Gasteiger charge is 2.14. The average Bonchev–Trinajstić information content (AvgIpc) is 3.06. The Bertz CT molecular complexity index is 728. The van der Waals surface area contributed by atoms with E-state index in [2.05, 4.69) is 28.5 Å². The molecular formula is C18H25N5O2. The number of aromatic nitrogens is 3. The number of ether oxygens (including phenoxy) is 1. The van der Waals surface area contributed by atoms with Crippen molar-refractivity contribution in [2.24, 2.45) is 0 Å². The van der Waals surface area contributed by atoms with E-state index in [-0.39, 0.29) is 6.03 Å². The van der Waals surface area contributed by atoms with Crippen molar-refractivity contribution in [3.8, 4) is 5.75 Å². The summed E-state index contributed by atoms with van der Waals surface area (Å²) in [6.07, 6.45) is 4.79. The number of fused-ring (bicyclic) bond motifs is 1. The number of hydrogen-bond donors (Lipinski definition) is 1. The summed E-state index contributed by atoms with van der Waals surface area (Å²) in [4.78, 5) is 14.0. The third-order valence-corrected chi connectivity index (χ3v) is 4.30. The summed E-state index contributed by atoms with van der Waals surface area (Å²) < 4.78 is 7.60. The summed E-state index contributed by atoms with van der Waals surface area (Å²) in [5.41, 5.74) is 2.30. The Morgan fingerprint density at radius 1 is 1.44 bits per heavy atom. The molecular weight excluding hydrogens is 318 g/mol.